The van der Waals surface area contributed by atoms with Crippen LogP contribution in [0.25, 0.3) is 17.4 Å². The predicted molar refractivity (Wildman–Crippen MR) is 65.5 cm³/mol. The van der Waals surface area contributed by atoms with Gasteiger partial charge in [-0.2, -0.15) is 0 Å². The first kappa shape index (κ1) is 10.6. The zero-order valence-electron chi connectivity index (χ0n) is 9.49. The van der Waals surface area contributed by atoms with Crippen LogP contribution >= 0.6 is 0 Å². The summed E-state index contributed by atoms with van der Waals surface area (Å²) in [4.78, 5) is 0. The molecule has 0 saturated carbocycles. The van der Waals surface area contributed by atoms with Crippen LogP contribution in [0.15, 0.2) is 41.3 Å². The molecule has 0 aliphatic heterocycles. The monoisotopic (exact) mass is 214 g/mol. The molecule has 1 aromatic heterocycles. The molecule has 0 fully saturated rings. The van der Waals surface area contributed by atoms with E-state index in [2.05, 4.69) is 6.58 Å². The average Bonchev–Trinajstić information content (AvgIpc) is 2.74. The third kappa shape index (κ3) is 1.74. The van der Waals surface area contributed by atoms with Crippen molar-refractivity contribution in [1.82, 2.24) is 0 Å². The van der Waals surface area contributed by atoms with Gasteiger partial charge in [-0.3, -0.25) is 0 Å². The molecule has 0 N–H and O–H groups in total. The summed E-state index contributed by atoms with van der Waals surface area (Å²) >= 11 is 0. The first-order valence-corrected chi connectivity index (χ1v) is 5.12. The lowest BCUT2D eigenvalue weighted by Gasteiger charge is -2.09. The molecule has 0 saturated heterocycles. The molecule has 2 rings (SSSR count). The Morgan fingerprint density at radius 3 is 2.62 bits per heavy atom. The molecule has 2 aromatic rings. The minimum absolute atomic E-state index is 0.798. The van der Waals surface area contributed by atoms with Gasteiger partial charge in [0.2, 0.25) is 0 Å². The smallest absolute Gasteiger partial charge is 0.138 e. The number of rotatable bonds is 3. The number of aryl methyl sites for hydroxylation is 1. The average molecular weight is 214 g/mol. The van der Waals surface area contributed by atoms with Crippen molar-refractivity contribution in [1.29, 1.82) is 0 Å². The topological polar surface area (TPSA) is 22.4 Å². The SMILES string of the molecule is C=Cc1cccc(-c2ccc(C)o2)c1OC. The first-order valence-electron chi connectivity index (χ1n) is 5.12. The second-order valence-electron chi connectivity index (χ2n) is 3.54. The number of methoxy groups -OCH3 is 1. The second-order valence-corrected chi connectivity index (χ2v) is 3.54. The van der Waals surface area contributed by atoms with E-state index in [0.29, 0.717) is 0 Å². The fourth-order valence-corrected chi connectivity index (χ4v) is 1.72. The fraction of sp³-hybridized carbons (Fsp3) is 0.143. The number of para-hydroxylation sites is 1. The molecule has 2 heteroatoms. The van der Waals surface area contributed by atoms with Crippen molar-refractivity contribution in [3.8, 4) is 17.1 Å². The van der Waals surface area contributed by atoms with Crippen molar-refractivity contribution >= 4 is 6.08 Å². The van der Waals surface area contributed by atoms with Crippen LogP contribution < -0.4 is 4.74 Å². The van der Waals surface area contributed by atoms with Crippen LogP contribution in [0.1, 0.15) is 11.3 Å². The van der Waals surface area contributed by atoms with Gasteiger partial charge in [-0.15, -0.1) is 0 Å². The van der Waals surface area contributed by atoms with Crippen LogP contribution in [0.5, 0.6) is 5.75 Å². The number of benzene rings is 1. The molecule has 0 atom stereocenters. The Morgan fingerprint density at radius 2 is 2.06 bits per heavy atom. The van der Waals surface area contributed by atoms with Gasteiger partial charge in [0, 0.05) is 5.56 Å². The van der Waals surface area contributed by atoms with Gasteiger partial charge in [-0.05, 0) is 25.1 Å². The van der Waals surface area contributed by atoms with E-state index in [4.69, 9.17) is 9.15 Å². The summed E-state index contributed by atoms with van der Waals surface area (Å²) in [5.74, 6) is 2.51. The molecule has 0 aliphatic rings. The van der Waals surface area contributed by atoms with Gasteiger partial charge in [-0.1, -0.05) is 24.8 Å². The molecular formula is C14H14O2. The van der Waals surface area contributed by atoms with Crippen molar-refractivity contribution < 1.29 is 9.15 Å². The summed E-state index contributed by atoms with van der Waals surface area (Å²) in [6.45, 7) is 5.69. The molecule has 0 unspecified atom stereocenters. The first-order chi connectivity index (χ1) is 7.76. The van der Waals surface area contributed by atoms with Gasteiger partial charge in [-0.25, -0.2) is 0 Å². The molecule has 0 aliphatic carbocycles. The Balaban J connectivity index is 2.60. The maximum absolute atomic E-state index is 5.60. The van der Waals surface area contributed by atoms with E-state index in [-0.39, 0.29) is 0 Å². The Hall–Kier alpha value is -1.96. The Bertz CT molecular complexity index is 509. The van der Waals surface area contributed by atoms with Crippen molar-refractivity contribution in [2.24, 2.45) is 0 Å². The summed E-state index contributed by atoms with van der Waals surface area (Å²) in [7, 11) is 1.65. The second kappa shape index (κ2) is 4.27. The lowest BCUT2D eigenvalue weighted by Crippen LogP contribution is -1.90. The maximum atomic E-state index is 5.60. The number of hydrogen-bond acceptors (Lipinski definition) is 2. The van der Waals surface area contributed by atoms with Crippen LogP contribution in [0.3, 0.4) is 0 Å². The highest BCUT2D eigenvalue weighted by Gasteiger charge is 2.11. The van der Waals surface area contributed by atoms with Crippen LogP contribution in [0.4, 0.5) is 0 Å². The third-order valence-electron chi connectivity index (χ3n) is 2.48. The number of furan rings is 1. The molecule has 2 nitrogen and oxygen atoms in total. The Morgan fingerprint density at radius 1 is 1.25 bits per heavy atom. The third-order valence-corrected chi connectivity index (χ3v) is 2.48. The van der Waals surface area contributed by atoms with Crippen molar-refractivity contribution in [2.75, 3.05) is 7.11 Å². The summed E-state index contributed by atoms with van der Waals surface area (Å²) in [6, 6.07) is 9.79. The van der Waals surface area contributed by atoms with E-state index in [9.17, 15) is 0 Å². The Labute approximate surface area is 95.2 Å². The zero-order chi connectivity index (χ0) is 11.5. The molecule has 0 bridgehead atoms. The van der Waals surface area contributed by atoms with E-state index in [1.807, 2.05) is 37.3 Å². The largest absolute Gasteiger partial charge is 0.495 e. The standard InChI is InChI=1S/C14H14O2/c1-4-11-6-5-7-12(14(11)15-3)13-9-8-10(2)16-13/h4-9H,1H2,2-3H3. The maximum Gasteiger partial charge on any atom is 0.138 e. The van der Waals surface area contributed by atoms with Gasteiger partial charge < -0.3 is 9.15 Å². The minimum atomic E-state index is 0.798. The normalized spacial score (nSPS) is 10.1. The lowest BCUT2D eigenvalue weighted by atomic mass is 10.1. The number of ether oxygens (including phenoxy) is 1. The van der Waals surface area contributed by atoms with Crippen LogP contribution in [0, 0.1) is 6.92 Å². The molecule has 0 spiro atoms. The molecule has 0 radical (unpaired) electrons. The van der Waals surface area contributed by atoms with Gasteiger partial charge in [0.05, 0.1) is 12.7 Å². The van der Waals surface area contributed by atoms with E-state index < -0.39 is 0 Å². The molecule has 1 aromatic carbocycles. The van der Waals surface area contributed by atoms with E-state index in [1.54, 1.807) is 13.2 Å². The Kier molecular flexibility index (Phi) is 2.82. The molecule has 16 heavy (non-hydrogen) atoms. The van der Waals surface area contributed by atoms with Crippen LogP contribution in [0.2, 0.25) is 0 Å². The molecule has 82 valence electrons. The van der Waals surface area contributed by atoms with Crippen molar-refractivity contribution in [2.45, 2.75) is 6.92 Å². The van der Waals surface area contributed by atoms with Gasteiger partial charge in [0.25, 0.3) is 0 Å². The summed E-state index contributed by atoms with van der Waals surface area (Å²) < 4.78 is 11.0. The fourth-order valence-electron chi connectivity index (χ4n) is 1.72. The van der Waals surface area contributed by atoms with Crippen molar-refractivity contribution in [3.63, 3.8) is 0 Å². The highest BCUT2D eigenvalue weighted by molar-refractivity contribution is 5.73. The highest BCUT2D eigenvalue weighted by Crippen LogP contribution is 2.34. The summed E-state index contributed by atoms with van der Waals surface area (Å²) in [5.41, 5.74) is 1.92. The van der Waals surface area contributed by atoms with Gasteiger partial charge >= 0.3 is 0 Å². The van der Waals surface area contributed by atoms with Crippen LogP contribution in [-0.2, 0) is 0 Å². The van der Waals surface area contributed by atoms with E-state index in [1.165, 1.54) is 0 Å². The highest BCUT2D eigenvalue weighted by atomic mass is 16.5. The minimum Gasteiger partial charge on any atom is -0.495 e. The summed E-state index contributed by atoms with van der Waals surface area (Å²) in [6.07, 6.45) is 1.78. The van der Waals surface area contributed by atoms with E-state index >= 15 is 0 Å². The predicted octanol–water partition coefficient (Wildman–Crippen LogP) is 3.91. The molecule has 0 amide bonds. The molecule has 1 heterocycles. The lowest BCUT2D eigenvalue weighted by molar-refractivity contribution is 0.413. The van der Waals surface area contributed by atoms with E-state index in [0.717, 1.165) is 28.4 Å². The quantitative estimate of drug-likeness (QED) is 0.773. The van der Waals surface area contributed by atoms with Gasteiger partial charge in [0.15, 0.2) is 0 Å². The van der Waals surface area contributed by atoms with Gasteiger partial charge in [0.1, 0.15) is 17.3 Å². The van der Waals surface area contributed by atoms with Crippen LogP contribution in [-0.4, -0.2) is 7.11 Å². The number of hydrogen-bond donors (Lipinski definition) is 0. The van der Waals surface area contributed by atoms with Crippen molar-refractivity contribution in [3.05, 3.63) is 48.2 Å². The summed E-state index contributed by atoms with van der Waals surface area (Å²) in [5, 5.41) is 0. The molecular weight excluding hydrogens is 200 g/mol. The zero-order valence-corrected chi connectivity index (χ0v) is 9.49.